The minimum atomic E-state index is 0. The van der Waals surface area contributed by atoms with E-state index in [1.807, 2.05) is 29.2 Å². The predicted molar refractivity (Wildman–Crippen MR) is 101 cm³/mol. The molecule has 2 aliphatic rings. The molecule has 1 N–H and O–H groups in total. The van der Waals surface area contributed by atoms with E-state index in [9.17, 15) is 0 Å². The molecule has 4 heterocycles. The minimum absolute atomic E-state index is 0. The zero-order chi connectivity index (χ0) is 16.4. The fourth-order valence-electron chi connectivity index (χ4n) is 3.82. The molecule has 2 aromatic heterocycles. The van der Waals surface area contributed by atoms with Crippen molar-refractivity contribution in [1.82, 2.24) is 29.9 Å². The van der Waals surface area contributed by atoms with Crippen molar-refractivity contribution in [3.63, 3.8) is 0 Å². The number of halogens is 1. The van der Waals surface area contributed by atoms with Crippen LogP contribution in [0, 0.1) is 6.92 Å². The van der Waals surface area contributed by atoms with Crippen molar-refractivity contribution in [1.29, 1.82) is 0 Å². The molecule has 2 saturated heterocycles. The average Bonchev–Trinajstić information content (AvgIpc) is 3.24. The maximum Gasteiger partial charge on any atom is 0.0676 e. The molecule has 136 valence electrons. The molecular formula is C18H27ClN6. The van der Waals surface area contributed by atoms with Crippen LogP contribution in [0.25, 0.3) is 5.69 Å². The van der Waals surface area contributed by atoms with Crippen LogP contribution in [-0.4, -0.2) is 69.9 Å². The molecule has 0 amide bonds. The molecule has 0 saturated carbocycles. The Balaban J connectivity index is 0.00000182. The van der Waals surface area contributed by atoms with Gasteiger partial charge in [-0.1, -0.05) is 0 Å². The summed E-state index contributed by atoms with van der Waals surface area (Å²) in [6.07, 6.45) is 7.08. The molecule has 0 aliphatic carbocycles. The van der Waals surface area contributed by atoms with Crippen molar-refractivity contribution in [2.75, 3.05) is 39.3 Å². The van der Waals surface area contributed by atoms with Crippen LogP contribution in [0.15, 0.2) is 30.7 Å². The molecular weight excluding hydrogens is 336 g/mol. The van der Waals surface area contributed by atoms with Crippen molar-refractivity contribution in [2.24, 2.45) is 0 Å². The van der Waals surface area contributed by atoms with Gasteiger partial charge in [0.1, 0.15) is 0 Å². The van der Waals surface area contributed by atoms with E-state index in [1.54, 1.807) is 0 Å². The number of likely N-dealkylation sites (tertiary alicyclic amines) is 1. The third-order valence-corrected chi connectivity index (χ3v) is 5.24. The lowest BCUT2D eigenvalue weighted by atomic mass is 10.2. The lowest BCUT2D eigenvalue weighted by molar-refractivity contribution is 0.170. The summed E-state index contributed by atoms with van der Waals surface area (Å²) in [7, 11) is 0. The van der Waals surface area contributed by atoms with E-state index in [0.29, 0.717) is 0 Å². The average molecular weight is 363 g/mol. The van der Waals surface area contributed by atoms with Gasteiger partial charge in [-0.3, -0.25) is 14.8 Å². The summed E-state index contributed by atoms with van der Waals surface area (Å²) >= 11 is 0. The van der Waals surface area contributed by atoms with Crippen molar-refractivity contribution in [3.8, 4) is 5.69 Å². The van der Waals surface area contributed by atoms with Gasteiger partial charge in [-0.05, 0) is 25.5 Å². The molecule has 0 radical (unpaired) electrons. The predicted octanol–water partition coefficient (Wildman–Crippen LogP) is 1.48. The van der Waals surface area contributed by atoms with Crippen molar-refractivity contribution >= 4 is 12.4 Å². The SMILES string of the molecule is Cc1nn(-c2ccncc2)cc1CN1CCC(N2CCNCC2)C1.Cl. The summed E-state index contributed by atoms with van der Waals surface area (Å²) in [5, 5.41) is 8.12. The number of aryl methyl sites for hydroxylation is 1. The zero-order valence-corrected chi connectivity index (χ0v) is 15.6. The Bertz CT molecular complexity index is 667. The number of piperazine rings is 1. The van der Waals surface area contributed by atoms with E-state index in [2.05, 4.69) is 38.3 Å². The highest BCUT2D eigenvalue weighted by atomic mass is 35.5. The van der Waals surface area contributed by atoms with Crippen LogP contribution in [-0.2, 0) is 6.54 Å². The fourth-order valence-corrected chi connectivity index (χ4v) is 3.82. The molecule has 0 aromatic carbocycles. The maximum absolute atomic E-state index is 4.68. The number of nitrogens with zero attached hydrogens (tertiary/aromatic N) is 5. The van der Waals surface area contributed by atoms with Gasteiger partial charge in [-0.15, -0.1) is 12.4 Å². The first-order valence-electron chi connectivity index (χ1n) is 8.92. The van der Waals surface area contributed by atoms with Gasteiger partial charge in [-0.2, -0.15) is 5.10 Å². The van der Waals surface area contributed by atoms with Gasteiger partial charge in [-0.25, -0.2) is 4.68 Å². The first-order valence-corrected chi connectivity index (χ1v) is 8.92. The highest BCUT2D eigenvalue weighted by molar-refractivity contribution is 5.85. The third-order valence-electron chi connectivity index (χ3n) is 5.24. The molecule has 2 fully saturated rings. The van der Waals surface area contributed by atoms with E-state index in [0.717, 1.165) is 37.1 Å². The Morgan fingerprint density at radius 2 is 1.92 bits per heavy atom. The Morgan fingerprint density at radius 1 is 1.16 bits per heavy atom. The van der Waals surface area contributed by atoms with Gasteiger partial charge in [0.05, 0.1) is 11.4 Å². The highest BCUT2D eigenvalue weighted by Gasteiger charge is 2.28. The normalized spacial score (nSPS) is 22.0. The molecule has 4 rings (SSSR count). The van der Waals surface area contributed by atoms with Crippen molar-refractivity contribution in [3.05, 3.63) is 42.0 Å². The van der Waals surface area contributed by atoms with E-state index < -0.39 is 0 Å². The molecule has 2 aromatic rings. The van der Waals surface area contributed by atoms with E-state index >= 15 is 0 Å². The Hall–Kier alpha value is -1.47. The van der Waals surface area contributed by atoms with Gasteiger partial charge in [0.2, 0.25) is 0 Å². The summed E-state index contributed by atoms with van der Waals surface area (Å²) in [6, 6.07) is 4.71. The molecule has 1 unspecified atom stereocenters. The molecule has 2 aliphatic heterocycles. The first-order chi connectivity index (χ1) is 11.8. The topological polar surface area (TPSA) is 49.2 Å². The molecule has 25 heavy (non-hydrogen) atoms. The number of aromatic nitrogens is 3. The second-order valence-electron chi connectivity index (χ2n) is 6.85. The van der Waals surface area contributed by atoms with Crippen molar-refractivity contribution in [2.45, 2.75) is 25.9 Å². The van der Waals surface area contributed by atoms with Gasteiger partial charge < -0.3 is 5.32 Å². The summed E-state index contributed by atoms with van der Waals surface area (Å²) in [4.78, 5) is 9.31. The summed E-state index contributed by atoms with van der Waals surface area (Å²) < 4.78 is 1.97. The fraction of sp³-hybridized carbons (Fsp3) is 0.556. The maximum atomic E-state index is 4.68. The second kappa shape index (κ2) is 8.27. The standard InChI is InChI=1S/C18H26N6.ClH/c1-15-16(13-24(21-15)17-2-5-19-6-3-17)12-22-9-4-18(14-22)23-10-7-20-8-11-23;/h2-3,5-6,13,18,20H,4,7-12,14H2,1H3;1H. The Morgan fingerprint density at radius 3 is 2.68 bits per heavy atom. The quantitative estimate of drug-likeness (QED) is 0.892. The Labute approximate surface area is 155 Å². The molecule has 0 bridgehead atoms. The molecule has 1 atom stereocenters. The van der Waals surface area contributed by atoms with Crippen LogP contribution in [0.3, 0.4) is 0 Å². The summed E-state index contributed by atoms with van der Waals surface area (Å²) in [6.45, 7) is 10.1. The number of nitrogens with one attached hydrogen (secondary N) is 1. The Kier molecular flexibility index (Phi) is 6.06. The van der Waals surface area contributed by atoms with Crippen LogP contribution >= 0.6 is 12.4 Å². The molecule has 6 nitrogen and oxygen atoms in total. The molecule has 0 spiro atoms. The van der Waals surface area contributed by atoms with Crippen LogP contribution < -0.4 is 5.32 Å². The highest BCUT2D eigenvalue weighted by Crippen LogP contribution is 2.20. The van der Waals surface area contributed by atoms with Gasteiger partial charge in [0.15, 0.2) is 0 Å². The van der Waals surface area contributed by atoms with E-state index in [-0.39, 0.29) is 12.4 Å². The van der Waals surface area contributed by atoms with E-state index in [4.69, 9.17) is 0 Å². The van der Waals surface area contributed by atoms with Gasteiger partial charge in [0.25, 0.3) is 0 Å². The monoisotopic (exact) mass is 362 g/mol. The van der Waals surface area contributed by atoms with E-state index in [1.165, 1.54) is 38.2 Å². The van der Waals surface area contributed by atoms with Crippen LogP contribution in [0.1, 0.15) is 17.7 Å². The number of pyridine rings is 1. The van der Waals surface area contributed by atoms with Crippen LogP contribution in [0.2, 0.25) is 0 Å². The molecule has 7 heteroatoms. The lowest BCUT2D eigenvalue weighted by Crippen LogP contribution is -2.49. The number of rotatable bonds is 4. The summed E-state index contributed by atoms with van der Waals surface area (Å²) in [5.74, 6) is 0. The smallest absolute Gasteiger partial charge is 0.0676 e. The zero-order valence-electron chi connectivity index (χ0n) is 14.8. The number of hydrogen-bond donors (Lipinski definition) is 1. The van der Waals surface area contributed by atoms with Crippen molar-refractivity contribution < 1.29 is 0 Å². The summed E-state index contributed by atoms with van der Waals surface area (Å²) in [5.41, 5.74) is 3.52. The van der Waals surface area contributed by atoms with Crippen LogP contribution in [0.5, 0.6) is 0 Å². The third kappa shape index (κ3) is 4.20. The minimum Gasteiger partial charge on any atom is -0.314 e. The van der Waals surface area contributed by atoms with Gasteiger partial charge in [0, 0.05) is 76.0 Å². The first kappa shape index (κ1) is 18.3. The lowest BCUT2D eigenvalue weighted by Gasteiger charge is -2.32. The van der Waals surface area contributed by atoms with Gasteiger partial charge >= 0.3 is 0 Å². The number of hydrogen-bond acceptors (Lipinski definition) is 5. The van der Waals surface area contributed by atoms with Crippen LogP contribution in [0.4, 0.5) is 0 Å². The largest absolute Gasteiger partial charge is 0.314 e. The second-order valence-corrected chi connectivity index (χ2v) is 6.85.